The van der Waals surface area contributed by atoms with Crippen molar-refractivity contribution >= 4 is 26.7 Å². The average molecular weight is 604 g/mol. The van der Waals surface area contributed by atoms with Crippen LogP contribution in [0, 0.1) is 6.92 Å². The molecule has 0 N–H and O–H groups in total. The maximum Gasteiger partial charge on any atom is 0.416 e. The van der Waals surface area contributed by atoms with Gasteiger partial charge in [0, 0.05) is 61.0 Å². The molecule has 0 amide bonds. The molecule has 0 radical (unpaired) electrons. The number of alkyl halides is 3. The van der Waals surface area contributed by atoms with Gasteiger partial charge in [0.2, 0.25) is 10.0 Å². The second-order valence-corrected chi connectivity index (χ2v) is 12.3. The lowest BCUT2D eigenvalue weighted by atomic mass is 10.0. The first-order valence-electron chi connectivity index (χ1n) is 13.8. The van der Waals surface area contributed by atoms with Crippen LogP contribution in [0.3, 0.4) is 0 Å². The third-order valence-electron chi connectivity index (χ3n) is 7.62. The summed E-state index contributed by atoms with van der Waals surface area (Å²) in [6.45, 7) is 2.93. The molecule has 0 spiro atoms. The molecule has 3 heterocycles. The van der Waals surface area contributed by atoms with Crippen molar-refractivity contribution in [2.75, 3.05) is 31.1 Å². The molecule has 0 atom stereocenters. The van der Waals surface area contributed by atoms with Gasteiger partial charge in [-0.25, -0.2) is 18.4 Å². The molecule has 0 aliphatic carbocycles. The number of aryl methyl sites for hydroxylation is 1. The summed E-state index contributed by atoms with van der Waals surface area (Å²) in [7, 11) is -3.83. The van der Waals surface area contributed by atoms with Crippen LogP contribution in [-0.2, 0) is 22.6 Å². The van der Waals surface area contributed by atoms with Gasteiger partial charge in [-0.3, -0.25) is 4.98 Å². The Labute approximate surface area is 247 Å². The van der Waals surface area contributed by atoms with Crippen LogP contribution in [-0.4, -0.2) is 53.9 Å². The predicted octanol–water partition coefficient (Wildman–Crippen LogP) is 6.12. The van der Waals surface area contributed by atoms with Gasteiger partial charge in [-0.1, -0.05) is 60.7 Å². The minimum absolute atomic E-state index is 0.161. The van der Waals surface area contributed by atoms with Gasteiger partial charge in [0.25, 0.3) is 0 Å². The number of anilines is 1. The number of benzene rings is 3. The van der Waals surface area contributed by atoms with E-state index >= 15 is 0 Å². The van der Waals surface area contributed by atoms with Gasteiger partial charge in [0.15, 0.2) is 5.82 Å². The van der Waals surface area contributed by atoms with Gasteiger partial charge < -0.3 is 4.90 Å². The van der Waals surface area contributed by atoms with Crippen LogP contribution >= 0.6 is 0 Å². The second-order valence-electron chi connectivity index (χ2n) is 10.4. The SMILES string of the molecule is Cc1nc(-c2cccc(C(F)(F)F)c2)nc(N2CCN(S(=O)(=O)c3cccc4cccnc34)CC2)c1Cc1ccccc1. The molecule has 0 bridgehead atoms. The number of hydrogen-bond donors (Lipinski definition) is 0. The van der Waals surface area contributed by atoms with Gasteiger partial charge in [-0.2, -0.15) is 17.5 Å². The number of pyridine rings is 1. The number of aromatic nitrogens is 3. The monoisotopic (exact) mass is 603 g/mol. The summed E-state index contributed by atoms with van der Waals surface area (Å²) in [5, 5.41) is 0.742. The highest BCUT2D eigenvalue weighted by molar-refractivity contribution is 7.89. The highest BCUT2D eigenvalue weighted by Crippen LogP contribution is 2.34. The highest BCUT2D eigenvalue weighted by Gasteiger charge is 2.33. The zero-order chi connectivity index (χ0) is 30.2. The molecular weight excluding hydrogens is 575 g/mol. The zero-order valence-electron chi connectivity index (χ0n) is 23.3. The van der Waals surface area contributed by atoms with Crippen molar-refractivity contribution in [2.24, 2.45) is 0 Å². The molecule has 11 heteroatoms. The average Bonchev–Trinajstić information content (AvgIpc) is 3.02. The number of fused-ring (bicyclic) bond motifs is 1. The minimum Gasteiger partial charge on any atom is -0.354 e. The molecule has 0 unspecified atom stereocenters. The Morgan fingerprint density at radius 3 is 2.30 bits per heavy atom. The Hall–Kier alpha value is -4.35. The van der Waals surface area contributed by atoms with Crippen molar-refractivity contribution in [1.29, 1.82) is 0 Å². The summed E-state index contributed by atoms with van der Waals surface area (Å²) in [5.74, 6) is 0.778. The van der Waals surface area contributed by atoms with E-state index in [1.165, 1.54) is 10.4 Å². The highest BCUT2D eigenvalue weighted by atomic mass is 32.2. The molecule has 220 valence electrons. The fourth-order valence-corrected chi connectivity index (χ4v) is 6.96. The van der Waals surface area contributed by atoms with Crippen LogP contribution in [0.1, 0.15) is 22.4 Å². The first-order chi connectivity index (χ1) is 20.6. The van der Waals surface area contributed by atoms with E-state index in [4.69, 9.17) is 4.98 Å². The van der Waals surface area contributed by atoms with E-state index in [1.54, 1.807) is 30.5 Å². The van der Waals surface area contributed by atoms with Crippen molar-refractivity contribution in [1.82, 2.24) is 19.3 Å². The number of hydrogen-bond acceptors (Lipinski definition) is 6. The van der Waals surface area contributed by atoms with Gasteiger partial charge in [-0.15, -0.1) is 0 Å². The Balaban J connectivity index is 1.34. The predicted molar refractivity (Wildman–Crippen MR) is 159 cm³/mol. The van der Waals surface area contributed by atoms with Gasteiger partial charge in [0.1, 0.15) is 10.7 Å². The number of nitrogens with zero attached hydrogens (tertiary/aromatic N) is 5. The Morgan fingerprint density at radius 2 is 1.56 bits per heavy atom. The maximum atomic E-state index is 13.7. The summed E-state index contributed by atoms with van der Waals surface area (Å²) in [6, 6.07) is 23.5. The van der Waals surface area contributed by atoms with Gasteiger partial charge in [-0.05, 0) is 36.8 Å². The van der Waals surface area contributed by atoms with Crippen molar-refractivity contribution in [2.45, 2.75) is 24.4 Å². The number of para-hydroxylation sites is 1. The standard InChI is InChI=1S/C32H28F3N5O2S/c1-22-27(20-23-8-3-2-4-9-23)31(38-30(37-22)25-11-5-13-26(21-25)32(33,34)35)39-16-18-40(19-17-39)43(41,42)28-14-6-10-24-12-7-15-36-29(24)28/h2-15,21H,16-20H2,1H3. The molecule has 43 heavy (non-hydrogen) atoms. The summed E-state index contributed by atoms with van der Waals surface area (Å²) >= 11 is 0. The molecule has 5 aromatic rings. The van der Waals surface area contributed by atoms with Crippen molar-refractivity contribution in [3.05, 3.63) is 114 Å². The summed E-state index contributed by atoms with van der Waals surface area (Å²) in [4.78, 5) is 15.9. The van der Waals surface area contributed by atoms with E-state index in [1.807, 2.05) is 54.3 Å². The Kier molecular flexibility index (Phi) is 7.61. The van der Waals surface area contributed by atoms with Crippen LogP contribution in [0.5, 0.6) is 0 Å². The molecular formula is C32H28F3N5O2S. The van der Waals surface area contributed by atoms with E-state index in [2.05, 4.69) is 9.97 Å². The van der Waals surface area contributed by atoms with Gasteiger partial charge in [0.05, 0.1) is 11.1 Å². The van der Waals surface area contributed by atoms with Crippen LogP contribution in [0.2, 0.25) is 0 Å². The van der Waals surface area contributed by atoms with E-state index in [0.29, 0.717) is 36.5 Å². The molecule has 7 nitrogen and oxygen atoms in total. The van der Waals surface area contributed by atoms with E-state index in [0.717, 1.165) is 28.6 Å². The zero-order valence-corrected chi connectivity index (χ0v) is 24.1. The summed E-state index contributed by atoms with van der Waals surface area (Å²) in [6.07, 6.45) is -2.40. The van der Waals surface area contributed by atoms with E-state index < -0.39 is 21.8 Å². The molecule has 1 fully saturated rings. The smallest absolute Gasteiger partial charge is 0.354 e. The van der Waals surface area contributed by atoms with Crippen LogP contribution < -0.4 is 4.90 Å². The first-order valence-corrected chi connectivity index (χ1v) is 15.2. The molecule has 3 aromatic carbocycles. The molecule has 6 rings (SSSR count). The number of sulfonamides is 1. The Bertz CT molecular complexity index is 1890. The summed E-state index contributed by atoms with van der Waals surface area (Å²) < 4.78 is 69.3. The van der Waals surface area contributed by atoms with Crippen LogP contribution in [0.25, 0.3) is 22.3 Å². The lowest BCUT2D eigenvalue weighted by Crippen LogP contribution is -2.49. The second kappa shape index (κ2) is 11.4. The fourth-order valence-electron chi connectivity index (χ4n) is 5.38. The largest absolute Gasteiger partial charge is 0.416 e. The van der Waals surface area contributed by atoms with Gasteiger partial charge >= 0.3 is 6.18 Å². The van der Waals surface area contributed by atoms with E-state index in [-0.39, 0.29) is 29.4 Å². The van der Waals surface area contributed by atoms with Crippen LogP contribution in [0.15, 0.2) is 96.0 Å². The number of halogens is 3. The normalized spacial score (nSPS) is 14.7. The summed E-state index contributed by atoms with van der Waals surface area (Å²) in [5.41, 5.74) is 2.44. The van der Waals surface area contributed by atoms with E-state index in [9.17, 15) is 21.6 Å². The molecule has 1 aliphatic rings. The molecule has 1 saturated heterocycles. The first kappa shape index (κ1) is 28.8. The third kappa shape index (κ3) is 5.82. The third-order valence-corrected chi connectivity index (χ3v) is 9.55. The van der Waals surface area contributed by atoms with Crippen LogP contribution in [0.4, 0.5) is 19.0 Å². The number of rotatable bonds is 6. The van der Waals surface area contributed by atoms with Crippen molar-refractivity contribution in [3.63, 3.8) is 0 Å². The minimum atomic E-state index is -4.50. The Morgan fingerprint density at radius 1 is 0.837 bits per heavy atom. The van der Waals surface area contributed by atoms with Crippen molar-refractivity contribution < 1.29 is 21.6 Å². The van der Waals surface area contributed by atoms with Crippen molar-refractivity contribution in [3.8, 4) is 11.4 Å². The quantitative estimate of drug-likeness (QED) is 0.233. The molecule has 0 saturated carbocycles. The topological polar surface area (TPSA) is 79.3 Å². The molecule has 1 aliphatic heterocycles. The fraction of sp³-hybridized carbons (Fsp3) is 0.219. The lowest BCUT2D eigenvalue weighted by Gasteiger charge is -2.36. The lowest BCUT2D eigenvalue weighted by molar-refractivity contribution is -0.137. The molecule has 2 aromatic heterocycles. The number of piperazine rings is 1. The maximum absolute atomic E-state index is 13.7.